The van der Waals surface area contributed by atoms with Crippen molar-refractivity contribution in [3.8, 4) is 0 Å². The van der Waals surface area contributed by atoms with Crippen LogP contribution in [-0.2, 0) is 0 Å². The van der Waals surface area contributed by atoms with Crippen LogP contribution in [0.2, 0.25) is 0 Å². The lowest BCUT2D eigenvalue weighted by atomic mass is 10.2. The van der Waals surface area contributed by atoms with E-state index in [-0.39, 0.29) is 0 Å². The number of benzene rings is 1. The summed E-state index contributed by atoms with van der Waals surface area (Å²) in [6.07, 6.45) is 1.07. The van der Waals surface area contributed by atoms with Gasteiger partial charge >= 0.3 is 0 Å². The van der Waals surface area contributed by atoms with Crippen LogP contribution in [0.15, 0.2) is 18.2 Å². The highest BCUT2D eigenvalue weighted by Gasteiger charge is 1.99. The van der Waals surface area contributed by atoms with Gasteiger partial charge in [0, 0.05) is 12.2 Å². The van der Waals surface area contributed by atoms with Gasteiger partial charge in [0.25, 0.3) is 0 Å². The van der Waals surface area contributed by atoms with Crippen molar-refractivity contribution in [3.05, 3.63) is 24.0 Å². The third-order valence-corrected chi connectivity index (χ3v) is 2.58. The third-order valence-electron chi connectivity index (χ3n) is 2.26. The number of imidazole rings is 1. The Morgan fingerprint density at radius 1 is 1.47 bits per heavy atom. The molecule has 0 unspecified atom stereocenters. The summed E-state index contributed by atoms with van der Waals surface area (Å²) in [6, 6.07) is 6.18. The highest BCUT2D eigenvalue weighted by atomic mass is 32.1. The Kier molecular flexibility index (Phi) is 3.16. The molecule has 0 bridgehead atoms. The van der Waals surface area contributed by atoms with Gasteiger partial charge < -0.3 is 10.3 Å². The number of nitrogens with zero attached hydrogens (tertiary/aromatic N) is 1. The third kappa shape index (κ3) is 2.45. The van der Waals surface area contributed by atoms with Gasteiger partial charge in [0.2, 0.25) is 0 Å². The fourth-order valence-corrected chi connectivity index (χ4v) is 1.72. The summed E-state index contributed by atoms with van der Waals surface area (Å²) in [4.78, 5) is 7.58. The van der Waals surface area contributed by atoms with Crippen molar-refractivity contribution in [2.45, 2.75) is 13.3 Å². The molecule has 1 aromatic heterocycles. The van der Waals surface area contributed by atoms with Crippen LogP contribution in [0.5, 0.6) is 0 Å². The Balaban J connectivity index is 2.15. The molecule has 0 saturated heterocycles. The summed E-state index contributed by atoms with van der Waals surface area (Å²) in [6.45, 7) is 2.93. The Bertz CT molecular complexity index is 450. The fourth-order valence-electron chi connectivity index (χ4n) is 1.56. The van der Waals surface area contributed by atoms with Crippen molar-refractivity contribution < 1.29 is 0 Å². The molecule has 2 aromatic rings. The highest BCUT2D eigenvalue weighted by Crippen LogP contribution is 2.16. The maximum atomic E-state index is 4.36. The summed E-state index contributed by atoms with van der Waals surface area (Å²) < 4.78 is 0. The molecule has 1 aromatic carbocycles. The van der Waals surface area contributed by atoms with Crippen LogP contribution in [0.3, 0.4) is 0 Å². The van der Waals surface area contributed by atoms with E-state index < -0.39 is 0 Å². The Morgan fingerprint density at radius 3 is 3.13 bits per heavy atom. The van der Waals surface area contributed by atoms with Crippen molar-refractivity contribution in [1.82, 2.24) is 9.97 Å². The van der Waals surface area contributed by atoms with E-state index in [0.717, 1.165) is 41.3 Å². The average molecular weight is 221 g/mol. The van der Waals surface area contributed by atoms with Crippen LogP contribution >= 0.6 is 12.6 Å². The van der Waals surface area contributed by atoms with Crippen molar-refractivity contribution in [1.29, 1.82) is 0 Å². The van der Waals surface area contributed by atoms with Gasteiger partial charge in [-0.1, -0.05) is 0 Å². The van der Waals surface area contributed by atoms with E-state index in [9.17, 15) is 0 Å². The number of anilines is 1. The van der Waals surface area contributed by atoms with Gasteiger partial charge in [-0.05, 0) is 37.3 Å². The number of thiol groups is 1. The molecule has 0 aliphatic rings. The number of hydrogen-bond acceptors (Lipinski definition) is 3. The van der Waals surface area contributed by atoms with E-state index in [1.165, 1.54) is 0 Å². The molecule has 3 nitrogen and oxygen atoms in total. The van der Waals surface area contributed by atoms with Gasteiger partial charge in [-0.15, -0.1) is 0 Å². The van der Waals surface area contributed by atoms with Gasteiger partial charge in [-0.3, -0.25) is 0 Å². The number of fused-ring (bicyclic) bond motifs is 1. The maximum Gasteiger partial charge on any atom is 0.104 e. The zero-order valence-corrected chi connectivity index (χ0v) is 9.64. The Morgan fingerprint density at radius 2 is 2.33 bits per heavy atom. The van der Waals surface area contributed by atoms with Gasteiger partial charge in [0.15, 0.2) is 0 Å². The predicted molar refractivity (Wildman–Crippen MR) is 67.8 cm³/mol. The van der Waals surface area contributed by atoms with Crippen LogP contribution in [0, 0.1) is 6.92 Å². The minimum absolute atomic E-state index is 0.915. The molecule has 1 heterocycles. The van der Waals surface area contributed by atoms with Crippen LogP contribution in [0.1, 0.15) is 12.2 Å². The van der Waals surface area contributed by atoms with Crippen molar-refractivity contribution in [3.63, 3.8) is 0 Å². The molecule has 4 heteroatoms. The first-order valence-electron chi connectivity index (χ1n) is 5.11. The zero-order valence-electron chi connectivity index (χ0n) is 8.75. The minimum Gasteiger partial charge on any atom is -0.385 e. The summed E-state index contributed by atoms with van der Waals surface area (Å²) in [5.41, 5.74) is 3.24. The normalized spacial score (nSPS) is 10.8. The van der Waals surface area contributed by atoms with Crippen LogP contribution in [0.4, 0.5) is 5.69 Å². The summed E-state index contributed by atoms with van der Waals surface area (Å²) >= 11 is 4.17. The van der Waals surface area contributed by atoms with Crippen molar-refractivity contribution >= 4 is 29.3 Å². The van der Waals surface area contributed by atoms with Crippen LogP contribution < -0.4 is 5.32 Å². The summed E-state index contributed by atoms with van der Waals surface area (Å²) in [5, 5.41) is 3.35. The number of aromatic amines is 1. The topological polar surface area (TPSA) is 40.7 Å². The molecule has 0 radical (unpaired) electrons. The maximum absolute atomic E-state index is 4.36. The van der Waals surface area contributed by atoms with Gasteiger partial charge in [0.05, 0.1) is 11.0 Å². The van der Waals surface area contributed by atoms with E-state index >= 15 is 0 Å². The van der Waals surface area contributed by atoms with E-state index in [4.69, 9.17) is 0 Å². The molecule has 15 heavy (non-hydrogen) atoms. The number of aryl methyl sites for hydroxylation is 1. The molecule has 0 atom stereocenters. The standard InChI is InChI=1S/C11H15N3S/c1-8-13-10-4-3-9(7-11(10)14-8)12-5-2-6-15/h3-4,7,12,15H,2,5-6H2,1H3,(H,13,14). The number of rotatable bonds is 4. The lowest BCUT2D eigenvalue weighted by Gasteiger charge is -2.04. The monoisotopic (exact) mass is 221 g/mol. The number of nitrogens with one attached hydrogen (secondary N) is 2. The van der Waals surface area contributed by atoms with Crippen LogP contribution in [-0.4, -0.2) is 22.3 Å². The molecule has 0 saturated carbocycles. The first kappa shape index (κ1) is 10.4. The van der Waals surface area contributed by atoms with Crippen LogP contribution in [0.25, 0.3) is 11.0 Å². The van der Waals surface area contributed by atoms with Gasteiger partial charge in [0.1, 0.15) is 5.82 Å². The van der Waals surface area contributed by atoms with Gasteiger partial charge in [-0.25, -0.2) is 4.98 Å². The SMILES string of the molecule is Cc1nc2ccc(NCCCS)cc2[nH]1. The van der Waals surface area contributed by atoms with Crippen molar-refractivity contribution in [2.75, 3.05) is 17.6 Å². The van der Waals surface area contributed by atoms with Crippen molar-refractivity contribution in [2.24, 2.45) is 0 Å². The molecule has 2 N–H and O–H groups in total. The molecule has 0 spiro atoms. The predicted octanol–water partition coefficient (Wildman–Crippen LogP) is 2.60. The molecule has 0 amide bonds. The molecule has 0 fully saturated rings. The van der Waals surface area contributed by atoms with E-state index in [0.29, 0.717) is 0 Å². The second-order valence-corrected chi connectivity index (χ2v) is 4.01. The second kappa shape index (κ2) is 4.57. The molecular formula is C11H15N3S. The fraction of sp³-hybridized carbons (Fsp3) is 0.364. The summed E-state index contributed by atoms with van der Waals surface area (Å²) in [7, 11) is 0. The summed E-state index contributed by atoms with van der Waals surface area (Å²) in [5.74, 6) is 1.87. The first-order chi connectivity index (χ1) is 7.29. The molecule has 0 aliphatic heterocycles. The molecule has 0 aliphatic carbocycles. The molecule has 80 valence electrons. The van der Waals surface area contributed by atoms with E-state index in [1.807, 2.05) is 13.0 Å². The lowest BCUT2D eigenvalue weighted by Crippen LogP contribution is -2.01. The largest absolute Gasteiger partial charge is 0.385 e. The number of aromatic nitrogens is 2. The number of hydrogen-bond donors (Lipinski definition) is 3. The quantitative estimate of drug-likeness (QED) is 0.548. The smallest absolute Gasteiger partial charge is 0.104 e. The minimum atomic E-state index is 0.915. The molecular weight excluding hydrogens is 206 g/mol. The lowest BCUT2D eigenvalue weighted by molar-refractivity contribution is 0.996. The molecule has 2 rings (SSSR count). The average Bonchev–Trinajstić information content (AvgIpc) is 2.57. The Hall–Kier alpha value is -1.16. The van der Waals surface area contributed by atoms with Gasteiger partial charge in [-0.2, -0.15) is 12.6 Å². The zero-order chi connectivity index (χ0) is 10.7. The second-order valence-electron chi connectivity index (χ2n) is 3.56. The van der Waals surface area contributed by atoms with E-state index in [1.54, 1.807) is 0 Å². The highest BCUT2D eigenvalue weighted by molar-refractivity contribution is 7.80. The first-order valence-corrected chi connectivity index (χ1v) is 5.74. The number of H-pyrrole nitrogens is 1. The van der Waals surface area contributed by atoms with E-state index in [2.05, 4.69) is 40.0 Å². The Labute approximate surface area is 94.7 Å².